The number of hydrogen-bond donors (Lipinski definition) is 1. The van der Waals surface area contributed by atoms with Gasteiger partial charge in [0.1, 0.15) is 10.6 Å². The highest BCUT2D eigenvalue weighted by atomic mass is 32.2. The molecule has 12 heteroatoms. The summed E-state index contributed by atoms with van der Waals surface area (Å²) in [6, 6.07) is 3.18. The van der Waals surface area contributed by atoms with Gasteiger partial charge in [-0.1, -0.05) is 0 Å². The minimum absolute atomic E-state index is 0.0618. The van der Waals surface area contributed by atoms with E-state index in [1.54, 1.807) is 6.92 Å². The predicted molar refractivity (Wildman–Crippen MR) is 121 cm³/mol. The summed E-state index contributed by atoms with van der Waals surface area (Å²) in [6.07, 6.45) is 1.44. The summed E-state index contributed by atoms with van der Waals surface area (Å²) in [7, 11) is -4.02. The smallest absolute Gasteiger partial charge is 0.272 e. The summed E-state index contributed by atoms with van der Waals surface area (Å²) in [5.74, 6) is -0.237. The van der Waals surface area contributed by atoms with Crippen molar-refractivity contribution in [2.75, 3.05) is 13.1 Å². The molecule has 33 heavy (non-hydrogen) atoms. The maximum absolute atomic E-state index is 13.3. The van der Waals surface area contributed by atoms with E-state index in [0.717, 1.165) is 18.9 Å². The molecule has 1 aliphatic rings. The fraction of sp³-hybridized carbons (Fsp3) is 0.524. The van der Waals surface area contributed by atoms with Crippen molar-refractivity contribution in [3.8, 4) is 11.6 Å². The molecule has 2 heterocycles. The van der Waals surface area contributed by atoms with Crippen molar-refractivity contribution in [2.24, 2.45) is 0 Å². The van der Waals surface area contributed by atoms with E-state index in [2.05, 4.69) is 10.4 Å². The van der Waals surface area contributed by atoms with Gasteiger partial charge in [0.25, 0.3) is 11.6 Å². The van der Waals surface area contributed by atoms with Gasteiger partial charge >= 0.3 is 0 Å². The SMILES string of the molecule is Cc1c(C(=O)NC(C)C)nn(C(C)C)c1Oc1ccc([N+](=O)[O-])cc1S(=O)(=O)N1CCCC1. The number of nitrogens with one attached hydrogen (secondary N) is 1. The minimum atomic E-state index is -4.02. The van der Waals surface area contributed by atoms with Crippen LogP contribution in [0.25, 0.3) is 0 Å². The van der Waals surface area contributed by atoms with Crippen LogP contribution < -0.4 is 10.1 Å². The number of nitrogens with zero attached hydrogens (tertiary/aromatic N) is 4. The van der Waals surface area contributed by atoms with Crippen molar-refractivity contribution < 1.29 is 22.9 Å². The summed E-state index contributed by atoms with van der Waals surface area (Å²) >= 11 is 0. The lowest BCUT2D eigenvalue weighted by molar-refractivity contribution is -0.385. The maximum Gasteiger partial charge on any atom is 0.272 e. The molecule has 1 aliphatic heterocycles. The summed E-state index contributed by atoms with van der Waals surface area (Å²) in [5, 5.41) is 18.5. The Balaban J connectivity index is 2.12. The van der Waals surface area contributed by atoms with Crippen LogP contribution in [0.1, 0.15) is 62.6 Å². The highest BCUT2D eigenvalue weighted by molar-refractivity contribution is 7.89. The lowest BCUT2D eigenvalue weighted by Crippen LogP contribution is -2.31. The molecule has 0 atom stereocenters. The first-order valence-electron chi connectivity index (χ1n) is 10.8. The number of nitro benzene ring substituents is 1. The molecular formula is C21H29N5O6S. The Hall–Kier alpha value is -2.99. The highest BCUT2D eigenvalue weighted by Gasteiger charge is 2.33. The Kier molecular flexibility index (Phi) is 7.08. The number of benzene rings is 1. The second-order valence-electron chi connectivity index (χ2n) is 8.55. The van der Waals surface area contributed by atoms with E-state index in [4.69, 9.17) is 4.74 Å². The number of carbonyl (C=O) groups is 1. The zero-order valence-corrected chi connectivity index (χ0v) is 20.2. The van der Waals surface area contributed by atoms with Crippen LogP contribution in [-0.4, -0.2) is 52.5 Å². The molecular weight excluding hydrogens is 450 g/mol. The topological polar surface area (TPSA) is 137 Å². The van der Waals surface area contributed by atoms with E-state index in [0.29, 0.717) is 18.7 Å². The van der Waals surface area contributed by atoms with Gasteiger partial charge in [0.2, 0.25) is 15.9 Å². The van der Waals surface area contributed by atoms with Crippen molar-refractivity contribution in [1.29, 1.82) is 0 Å². The van der Waals surface area contributed by atoms with Gasteiger partial charge in [-0.3, -0.25) is 14.9 Å². The Morgan fingerprint density at radius 3 is 2.39 bits per heavy atom. The molecule has 0 aliphatic carbocycles. The molecule has 0 bridgehead atoms. The van der Waals surface area contributed by atoms with Crippen LogP contribution >= 0.6 is 0 Å². The normalized spacial score (nSPS) is 14.8. The van der Waals surface area contributed by atoms with Crippen LogP contribution in [0.4, 0.5) is 5.69 Å². The second kappa shape index (κ2) is 9.48. The van der Waals surface area contributed by atoms with E-state index in [-0.39, 0.29) is 45.9 Å². The molecule has 1 aromatic heterocycles. The number of amides is 1. The quantitative estimate of drug-likeness (QED) is 0.452. The average molecular weight is 480 g/mol. The standard InChI is InChI=1S/C21H29N5O6S/c1-13(2)22-20(27)19-15(5)21(25(23-19)14(3)4)32-17-9-8-16(26(28)29)12-18(17)33(30,31)24-10-6-7-11-24/h8-9,12-14H,6-7,10-11H2,1-5H3,(H,22,27). The van der Waals surface area contributed by atoms with E-state index in [9.17, 15) is 23.3 Å². The number of non-ortho nitro benzene ring substituents is 1. The molecule has 1 aromatic carbocycles. The van der Waals surface area contributed by atoms with Crippen molar-refractivity contribution in [2.45, 2.75) is 64.4 Å². The van der Waals surface area contributed by atoms with Crippen LogP contribution in [0, 0.1) is 17.0 Å². The predicted octanol–water partition coefficient (Wildman–Crippen LogP) is 3.40. The second-order valence-corrected chi connectivity index (χ2v) is 10.5. The van der Waals surface area contributed by atoms with Gasteiger partial charge < -0.3 is 10.1 Å². The average Bonchev–Trinajstić information content (AvgIpc) is 3.37. The summed E-state index contributed by atoms with van der Waals surface area (Å²) in [4.78, 5) is 23.0. The van der Waals surface area contributed by atoms with Crippen molar-refractivity contribution in [3.05, 3.63) is 39.6 Å². The summed E-state index contributed by atoms with van der Waals surface area (Å²) < 4.78 is 35.4. The molecule has 1 saturated heterocycles. The largest absolute Gasteiger partial charge is 0.438 e. The minimum Gasteiger partial charge on any atom is -0.438 e. The highest BCUT2D eigenvalue weighted by Crippen LogP contribution is 2.37. The van der Waals surface area contributed by atoms with E-state index in [1.165, 1.54) is 21.1 Å². The lowest BCUT2D eigenvalue weighted by atomic mass is 10.2. The molecule has 0 unspecified atom stereocenters. The first kappa shape index (κ1) is 24.6. The molecule has 11 nitrogen and oxygen atoms in total. The third-order valence-corrected chi connectivity index (χ3v) is 7.16. The number of carbonyl (C=O) groups excluding carboxylic acids is 1. The van der Waals surface area contributed by atoms with Gasteiger partial charge in [0, 0.05) is 36.8 Å². The van der Waals surface area contributed by atoms with Crippen LogP contribution in [0.15, 0.2) is 23.1 Å². The van der Waals surface area contributed by atoms with Gasteiger partial charge in [-0.25, -0.2) is 13.1 Å². The van der Waals surface area contributed by atoms with Crippen LogP contribution in [-0.2, 0) is 10.0 Å². The molecule has 0 radical (unpaired) electrons. The van der Waals surface area contributed by atoms with Crippen LogP contribution in [0.3, 0.4) is 0 Å². The van der Waals surface area contributed by atoms with Crippen molar-refractivity contribution in [3.63, 3.8) is 0 Å². The van der Waals surface area contributed by atoms with Gasteiger partial charge in [-0.05, 0) is 53.5 Å². The molecule has 1 fully saturated rings. The van der Waals surface area contributed by atoms with Crippen LogP contribution in [0.5, 0.6) is 11.6 Å². The van der Waals surface area contributed by atoms with E-state index in [1.807, 2.05) is 27.7 Å². The Bertz CT molecular complexity index is 1170. The van der Waals surface area contributed by atoms with Gasteiger partial charge in [0.05, 0.1) is 11.0 Å². The number of aromatic nitrogens is 2. The molecule has 3 rings (SSSR count). The number of hydrogen-bond acceptors (Lipinski definition) is 7. The Morgan fingerprint density at radius 2 is 1.85 bits per heavy atom. The maximum atomic E-state index is 13.3. The number of rotatable bonds is 8. The number of ether oxygens (including phenoxy) is 1. The Labute approximate surface area is 192 Å². The van der Waals surface area contributed by atoms with Gasteiger partial charge in [0.15, 0.2) is 5.69 Å². The fourth-order valence-corrected chi connectivity index (χ4v) is 5.24. The Morgan fingerprint density at radius 1 is 1.21 bits per heavy atom. The van der Waals surface area contributed by atoms with Crippen molar-refractivity contribution >= 4 is 21.6 Å². The molecule has 1 N–H and O–H groups in total. The van der Waals surface area contributed by atoms with Crippen LogP contribution in [0.2, 0.25) is 0 Å². The summed E-state index contributed by atoms with van der Waals surface area (Å²) in [6.45, 7) is 9.70. The van der Waals surface area contributed by atoms with E-state index >= 15 is 0 Å². The molecule has 0 spiro atoms. The zero-order valence-electron chi connectivity index (χ0n) is 19.4. The molecule has 2 aromatic rings. The number of nitro groups is 1. The van der Waals surface area contributed by atoms with Gasteiger partial charge in [-0.15, -0.1) is 0 Å². The first-order valence-corrected chi connectivity index (χ1v) is 12.2. The summed E-state index contributed by atoms with van der Waals surface area (Å²) in [5.41, 5.74) is 0.245. The molecule has 1 amide bonds. The fourth-order valence-electron chi connectivity index (χ4n) is 3.59. The lowest BCUT2D eigenvalue weighted by Gasteiger charge is -2.19. The first-order chi connectivity index (χ1) is 15.4. The molecule has 0 saturated carbocycles. The van der Waals surface area contributed by atoms with Crippen molar-refractivity contribution in [1.82, 2.24) is 19.4 Å². The zero-order chi connectivity index (χ0) is 24.5. The third-order valence-electron chi connectivity index (χ3n) is 5.24. The monoisotopic (exact) mass is 479 g/mol. The molecule has 180 valence electrons. The van der Waals surface area contributed by atoms with E-state index < -0.39 is 14.9 Å². The van der Waals surface area contributed by atoms with Gasteiger partial charge in [-0.2, -0.15) is 9.40 Å². The number of sulfonamides is 1. The third kappa shape index (κ3) is 5.01.